The maximum absolute atomic E-state index is 12.9. The molecule has 26 heavy (non-hydrogen) atoms. The van der Waals surface area contributed by atoms with E-state index in [1.54, 1.807) is 12.1 Å². The molecule has 2 aromatic rings. The summed E-state index contributed by atoms with van der Waals surface area (Å²) in [6.07, 6.45) is 3.40. The molecule has 1 atom stereocenters. The molecule has 1 aliphatic rings. The number of halogens is 1. The van der Waals surface area contributed by atoms with Crippen LogP contribution in [0.5, 0.6) is 0 Å². The smallest absolute Gasteiger partial charge is 0.269 e. The van der Waals surface area contributed by atoms with E-state index in [2.05, 4.69) is 15.6 Å². The molecule has 0 spiro atoms. The van der Waals surface area contributed by atoms with Crippen LogP contribution in [0.25, 0.3) is 0 Å². The van der Waals surface area contributed by atoms with Crippen LogP contribution < -0.4 is 10.6 Å². The first kappa shape index (κ1) is 18.0. The fourth-order valence-corrected chi connectivity index (χ4v) is 2.69. The van der Waals surface area contributed by atoms with Gasteiger partial charge in [0, 0.05) is 31.5 Å². The van der Waals surface area contributed by atoms with Crippen molar-refractivity contribution in [3.8, 4) is 0 Å². The van der Waals surface area contributed by atoms with Crippen LogP contribution in [0.3, 0.4) is 0 Å². The summed E-state index contributed by atoms with van der Waals surface area (Å²) in [6, 6.07) is 8.87. The number of hydrogen-bond donors (Lipinski definition) is 2. The van der Waals surface area contributed by atoms with Gasteiger partial charge in [-0.25, -0.2) is 4.39 Å². The number of ether oxygens (including phenoxy) is 1. The normalized spacial score (nSPS) is 16.3. The molecule has 1 saturated heterocycles. The third kappa shape index (κ3) is 4.86. The highest BCUT2D eigenvalue weighted by atomic mass is 19.1. The van der Waals surface area contributed by atoms with Gasteiger partial charge in [-0.3, -0.25) is 14.6 Å². The maximum atomic E-state index is 12.9. The first-order valence-corrected chi connectivity index (χ1v) is 8.50. The largest absolute Gasteiger partial charge is 0.376 e. The van der Waals surface area contributed by atoms with Crippen LogP contribution in [0.4, 0.5) is 4.39 Å². The highest BCUT2D eigenvalue weighted by molar-refractivity contribution is 5.98. The number of hydrogen-bond acceptors (Lipinski definition) is 4. The number of pyridine rings is 1. The molecule has 0 radical (unpaired) electrons. The van der Waals surface area contributed by atoms with Gasteiger partial charge in [0.2, 0.25) is 0 Å². The van der Waals surface area contributed by atoms with E-state index in [4.69, 9.17) is 4.74 Å². The molecule has 2 amide bonds. The Balaban J connectivity index is 1.55. The Labute approximate surface area is 150 Å². The molecule has 1 unspecified atom stereocenters. The lowest BCUT2D eigenvalue weighted by molar-refractivity contribution is 0.0853. The van der Waals surface area contributed by atoms with E-state index < -0.39 is 0 Å². The summed E-state index contributed by atoms with van der Waals surface area (Å²) in [6.45, 7) is 1.42. The summed E-state index contributed by atoms with van der Waals surface area (Å²) < 4.78 is 18.4. The van der Waals surface area contributed by atoms with E-state index in [9.17, 15) is 14.0 Å². The topological polar surface area (TPSA) is 80.3 Å². The number of nitrogens with one attached hydrogen (secondary N) is 2. The van der Waals surface area contributed by atoms with Crippen LogP contribution >= 0.6 is 0 Å². The third-order valence-corrected chi connectivity index (χ3v) is 4.14. The van der Waals surface area contributed by atoms with E-state index in [1.165, 1.54) is 30.5 Å². The van der Waals surface area contributed by atoms with Crippen molar-refractivity contribution in [2.75, 3.05) is 13.2 Å². The Hall–Kier alpha value is -2.80. The molecule has 1 aliphatic heterocycles. The van der Waals surface area contributed by atoms with Gasteiger partial charge < -0.3 is 15.4 Å². The number of aromatic nitrogens is 1. The first-order valence-electron chi connectivity index (χ1n) is 8.50. The lowest BCUT2D eigenvalue weighted by Crippen LogP contribution is -2.32. The third-order valence-electron chi connectivity index (χ3n) is 4.14. The number of nitrogens with zero attached hydrogens (tertiary/aromatic N) is 1. The van der Waals surface area contributed by atoms with E-state index >= 15 is 0 Å². The van der Waals surface area contributed by atoms with E-state index in [1.807, 2.05) is 0 Å². The average molecular weight is 357 g/mol. The number of benzene rings is 1. The summed E-state index contributed by atoms with van der Waals surface area (Å²) in [5.74, 6) is -0.994. The van der Waals surface area contributed by atoms with Crippen molar-refractivity contribution in [2.45, 2.75) is 25.5 Å². The zero-order valence-electron chi connectivity index (χ0n) is 14.2. The molecule has 1 aromatic heterocycles. The highest BCUT2D eigenvalue weighted by Crippen LogP contribution is 2.11. The van der Waals surface area contributed by atoms with Crippen molar-refractivity contribution in [1.29, 1.82) is 0 Å². The van der Waals surface area contributed by atoms with Crippen LogP contribution in [-0.2, 0) is 11.3 Å². The number of carbonyl (C=O) groups is 2. The van der Waals surface area contributed by atoms with E-state index in [0.29, 0.717) is 12.1 Å². The molecule has 0 saturated carbocycles. The van der Waals surface area contributed by atoms with Crippen molar-refractivity contribution in [3.05, 3.63) is 65.2 Å². The van der Waals surface area contributed by atoms with E-state index in [-0.39, 0.29) is 36.0 Å². The first-order chi connectivity index (χ1) is 12.6. The maximum Gasteiger partial charge on any atom is 0.269 e. The van der Waals surface area contributed by atoms with Gasteiger partial charge >= 0.3 is 0 Å². The Morgan fingerprint density at radius 1 is 1.15 bits per heavy atom. The minimum atomic E-state index is -0.339. The fourth-order valence-electron chi connectivity index (χ4n) is 2.69. The fraction of sp³-hybridized carbons (Fsp3) is 0.316. The molecule has 1 aromatic carbocycles. The van der Waals surface area contributed by atoms with Crippen LogP contribution in [0, 0.1) is 5.82 Å². The molecule has 2 heterocycles. The second-order valence-electron chi connectivity index (χ2n) is 6.08. The molecule has 1 fully saturated rings. The molecule has 3 rings (SSSR count). The lowest BCUT2D eigenvalue weighted by atomic mass is 10.2. The molecule has 2 N–H and O–H groups in total. The Bertz CT molecular complexity index is 774. The molecule has 0 bridgehead atoms. The van der Waals surface area contributed by atoms with Crippen molar-refractivity contribution in [3.63, 3.8) is 0 Å². The summed E-state index contributed by atoms with van der Waals surface area (Å²) in [4.78, 5) is 28.5. The summed E-state index contributed by atoms with van der Waals surface area (Å²) in [5, 5.41) is 5.51. The number of amides is 2. The zero-order valence-corrected chi connectivity index (χ0v) is 14.2. The van der Waals surface area contributed by atoms with Gasteiger partial charge in [-0.05, 0) is 42.7 Å². The summed E-state index contributed by atoms with van der Waals surface area (Å²) in [7, 11) is 0. The standard InChI is InChI=1S/C19H20FN3O3/c20-15-5-3-13(4-6-15)11-22-18(24)14-7-8-21-17(10-14)19(25)23-12-16-2-1-9-26-16/h3-8,10,16H,1-2,9,11-12H2,(H,22,24)(H,23,25). The zero-order chi connectivity index (χ0) is 18.4. The van der Waals surface area contributed by atoms with Crippen molar-refractivity contribution < 1.29 is 18.7 Å². The minimum Gasteiger partial charge on any atom is -0.376 e. The monoisotopic (exact) mass is 357 g/mol. The Morgan fingerprint density at radius 3 is 2.69 bits per heavy atom. The van der Waals surface area contributed by atoms with Gasteiger partial charge in [0.1, 0.15) is 11.5 Å². The minimum absolute atomic E-state index is 0.0427. The van der Waals surface area contributed by atoms with Crippen LogP contribution in [0.15, 0.2) is 42.6 Å². The van der Waals surface area contributed by atoms with E-state index in [0.717, 1.165) is 25.0 Å². The number of rotatable bonds is 6. The van der Waals surface area contributed by atoms with Gasteiger partial charge in [0.25, 0.3) is 11.8 Å². The van der Waals surface area contributed by atoms with Gasteiger partial charge in [0.05, 0.1) is 6.10 Å². The highest BCUT2D eigenvalue weighted by Gasteiger charge is 2.17. The van der Waals surface area contributed by atoms with Crippen molar-refractivity contribution >= 4 is 11.8 Å². The predicted octanol–water partition coefficient (Wildman–Crippen LogP) is 2.06. The van der Waals surface area contributed by atoms with Crippen LogP contribution in [0.1, 0.15) is 39.3 Å². The SMILES string of the molecule is O=C(NCc1ccc(F)cc1)c1ccnc(C(=O)NCC2CCCO2)c1. The van der Waals surface area contributed by atoms with Crippen LogP contribution in [0.2, 0.25) is 0 Å². The molecular formula is C19H20FN3O3. The second kappa shape index (κ2) is 8.53. The van der Waals surface area contributed by atoms with Gasteiger partial charge in [0.15, 0.2) is 0 Å². The molecule has 6 nitrogen and oxygen atoms in total. The van der Waals surface area contributed by atoms with Gasteiger partial charge in [-0.1, -0.05) is 12.1 Å². The van der Waals surface area contributed by atoms with Gasteiger partial charge in [-0.15, -0.1) is 0 Å². The Morgan fingerprint density at radius 2 is 1.96 bits per heavy atom. The lowest BCUT2D eigenvalue weighted by Gasteiger charge is -2.11. The van der Waals surface area contributed by atoms with Gasteiger partial charge in [-0.2, -0.15) is 0 Å². The number of carbonyl (C=O) groups excluding carboxylic acids is 2. The van der Waals surface area contributed by atoms with Crippen molar-refractivity contribution in [2.24, 2.45) is 0 Å². The molecular weight excluding hydrogens is 337 g/mol. The average Bonchev–Trinajstić information content (AvgIpc) is 3.19. The predicted molar refractivity (Wildman–Crippen MR) is 93.1 cm³/mol. The second-order valence-corrected chi connectivity index (χ2v) is 6.08. The molecule has 7 heteroatoms. The Kier molecular flexibility index (Phi) is 5.91. The van der Waals surface area contributed by atoms with Crippen LogP contribution in [-0.4, -0.2) is 36.1 Å². The summed E-state index contributed by atoms with van der Waals surface area (Å²) in [5.41, 5.74) is 1.30. The molecule has 0 aliphatic carbocycles. The quantitative estimate of drug-likeness (QED) is 0.829. The van der Waals surface area contributed by atoms with Crippen molar-refractivity contribution in [1.82, 2.24) is 15.6 Å². The summed E-state index contributed by atoms with van der Waals surface area (Å²) >= 11 is 0. The molecule has 136 valence electrons.